The molecule has 1 saturated heterocycles. The van der Waals surface area contributed by atoms with Crippen LogP contribution in [0.2, 0.25) is 5.02 Å². The van der Waals surface area contributed by atoms with Gasteiger partial charge in [0.25, 0.3) is 0 Å². The van der Waals surface area contributed by atoms with Gasteiger partial charge in [-0.15, -0.1) is 0 Å². The van der Waals surface area contributed by atoms with Crippen LogP contribution < -0.4 is 5.73 Å². The molecular formula is C21H28ClN3. The Bertz CT molecular complexity index is 636. The minimum absolute atomic E-state index is 0.141. The second-order valence-electron chi connectivity index (χ2n) is 6.87. The first-order chi connectivity index (χ1) is 12.2. The van der Waals surface area contributed by atoms with E-state index in [1.165, 1.54) is 11.1 Å². The second-order valence-corrected chi connectivity index (χ2v) is 7.30. The Morgan fingerprint density at radius 2 is 1.60 bits per heavy atom. The van der Waals surface area contributed by atoms with Gasteiger partial charge >= 0.3 is 0 Å². The van der Waals surface area contributed by atoms with Gasteiger partial charge in [0.15, 0.2) is 0 Å². The van der Waals surface area contributed by atoms with E-state index in [0.29, 0.717) is 0 Å². The summed E-state index contributed by atoms with van der Waals surface area (Å²) in [6.45, 7) is 7.45. The summed E-state index contributed by atoms with van der Waals surface area (Å²) < 4.78 is 0. The molecule has 0 radical (unpaired) electrons. The summed E-state index contributed by atoms with van der Waals surface area (Å²) in [6, 6.07) is 19.3. The molecule has 4 heteroatoms. The Labute approximate surface area is 156 Å². The Kier molecular flexibility index (Phi) is 6.49. The van der Waals surface area contributed by atoms with Gasteiger partial charge in [0.1, 0.15) is 0 Å². The first-order valence-electron chi connectivity index (χ1n) is 9.18. The quantitative estimate of drug-likeness (QED) is 0.850. The lowest BCUT2D eigenvalue weighted by Crippen LogP contribution is -2.51. The van der Waals surface area contributed by atoms with Crippen LogP contribution in [-0.2, 0) is 6.54 Å². The predicted molar refractivity (Wildman–Crippen MR) is 106 cm³/mol. The summed E-state index contributed by atoms with van der Waals surface area (Å²) in [5.74, 6) is 0. The van der Waals surface area contributed by atoms with Gasteiger partial charge in [0.05, 0.1) is 0 Å². The van der Waals surface area contributed by atoms with Gasteiger partial charge in [-0.05, 0) is 29.7 Å². The van der Waals surface area contributed by atoms with Crippen molar-refractivity contribution in [2.75, 3.05) is 26.2 Å². The second kappa shape index (κ2) is 8.81. The lowest BCUT2D eigenvalue weighted by Gasteiger charge is -2.41. The van der Waals surface area contributed by atoms with Crippen LogP contribution in [-0.4, -0.2) is 42.0 Å². The van der Waals surface area contributed by atoms with Crippen LogP contribution in [0.1, 0.15) is 30.5 Å². The van der Waals surface area contributed by atoms with Gasteiger partial charge in [0, 0.05) is 49.8 Å². The highest BCUT2D eigenvalue weighted by atomic mass is 35.5. The fourth-order valence-electron chi connectivity index (χ4n) is 3.65. The molecule has 3 nitrogen and oxygen atoms in total. The van der Waals surface area contributed by atoms with Crippen molar-refractivity contribution in [2.45, 2.75) is 32.0 Å². The molecule has 1 heterocycles. The van der Waals surface area contributed by atoms with Gasteiger partial charge in [-0.25, -0.2) is 0 Å². The molecule has 1 aliphatic heterocycles. The molecule has 0 saturated carbocycles. The van der Waals surface area contributed by atoms with Crippen LogP contribution in [0.25, 0.3) is 0 Å². The Balaban J connectivity index is 1.64. The van der Waals surface area contributed by atoms with E-state index in [2.05, 4.69) is 59.2 Å². The van der Waals surface area contributed by atoms with Gasteiger partial charge < -0.3 is 5.73 Å². The van der Waals surface area contributed by atoms with Crippen LogP contribution in [0, 0.1) is 0 Å². The minimum atomic E-state index is 0.141. The van der Waals surface area contributed by atoms with E-state index in [9.17, 15) is 0 Å². The fourth-order valence-corrected chi connectivity index (χ4v) is 3.78. The zero-order valence-corrected chi connectivity index (χ0v) is 15.7. The van der Waals surface area contributed by atoms with E-state index < -0.39 is 0 Å². The average Bonchev–Trinajstić information content (AvgIpc) is 2.65. The number of rotatable bonds is 6. The topological polar surface area (TPSA) is 32.5 Å². The summed E-state index contributed by atoms with van der Waals surface area (Å²) in [5, 5.41) is 0.778. The molecule has 0 spiro atoms. The zero-order valence-electron chi connectivity index (χ0n) is 14.9. The standard InChI is InChI=1S/C21H28ClN3/c1-2-20(23)21(18-8-10-19(22)11-9-18)25-14-12-24(13-15-25)16-17-6-4-3-5-7-17/h3-11,20-21H,2,12-16,23H2,1H3. The van der Waals surface area contributed by atoms with E-state index in [1.807, 2.05) is 12.1 Å². The molecule has 1 fully saturated rings. The fraction of sp³-hybridized carbons (Fsp3) is 0.429. The van der Waals surface area contributed by atoms with E-state index in [0.717, 1.165) is 44.2 Å². The van der Waals surface area contributed by atoms with Crippen molar-refractivity contribution < 1.29 is 0 Å². The van der Waals surface area contributed by atoms with Crippen molar-refractivity contribution in [3.05, 3.63) is 70.7 Å². The van der Waals surface area contributed by atoms with Crippen LogP contribution in [0.4, 0.5) is 0 Å². The SMILES string of the molecule is CCC(N)C(c1ccc(Cl)cc1)N1CCN(Cc2ccccc2)CC1. The van der Waals surface area contributed by atoms with Crippen molar-refractivity contribution in [1.82, 2.24) is 9.80 Å². The Hall–Kier alpha value is -1.39. The van der Waals surface area contributed by atoms with Crippen LogP contribution in [0.5, 0.6) is 0 Å². The maximum Gasteiger partial charge on any atom is 0.0500 e. The molecule has 2 N–H and O–H groups in total. The third kappa shape index (κ3) is 4.83. The highest BCUT2D eigenvalue weighted by Gasteiger charge is 2.28. The van der Waals surface area contributed by atoms with E-state index in [-0.39, 0.29) is 12.1 Å². The van der Waals surface area contributed by atoms with Crippen LogP contribution in [0.3, 0.4) is 0 Å². The third-order valence-electron chi connectivity index (χ3n) is 5.14. The molecule has 0 aliphatic carbocycles. The van der Waals surface area contributed by atoms with Crippen molar-refractivity contribution in [3.8, 4) is 0 Å². The number of hydrogen-bond acceptors (Lipinski definition) is 3. The smallest absolute Gasteiger partial charge is 0.0500 e. The van der Waals surface area contributed by atoms with Crippen molar-refractivity contribution >= 4 is 11.6 Å². The highest BCUT2D eigenvalue weighted by Crippen LogP contribution is 2.27. The van der Waals surface area contributed by atoms with Crippen molar-refractivity contribution in [2.24, 2.45) is 5.73 Å². The lowest BCUT2D eigenvalue weighted by atomic mass is 9.95. The molecule has 0 aromatic heterocycles. The molecule has 25 heavy (non-hydrogen) atoms. The molecular weight excluding hydrogens is 330 g/mol. The van der Waals surface area contributed by atoms with Crippen LogP contribution in [0.15, 0.2) is 54.6 Å². The molecule has 3 rings (SSSR count). The molecule has 134 valence electrons. The summed E-state index contributed by atoms with van der Waals surface area (Å²) in [5.41, 5.74) is 9.15. The van der Waals surface area contributed by atoms with Gasteiger partial charge in [-0.3, -0.25) is 9.80 Å². The highest BCUT2D eigenvalue weighted by molar-refractivity contribution is 6.30. The summed E-state index contributed by atoms with van der Waals surface area (Å²) in [4.78, 5) is 5.07. The normalized spacial score (nSPS) is 18.8. The number of piperazine rings is 1. The summed E-state index contributed by atoms with van der Waals surface area (Å²) in [6.07, 6.45) is 0.970. The molecule has 1 aliphatic rings. The Morgan fingerprint density at radius 3 is 2.20 bits per heavy atom. The molecule has 2 aromatic rings. The van der Waals surface area contributed by atoms with Gasteiger partial charge in [-0.2, -0.15) is 0 Å². The number of hydrogen-bond donors (Lipinski definition) is 1. The maximum absolute atomic E-state index is 6.49. The number of nitrogens with zero attached hydrogens (tertiary/aromatic N) is 2. The molecule has 0 amide bonds. The zero-order chi connectivity index (χ0) is 17.6. The van der Waals surface area contributed by atoms with Crippen molar-refractivity contribution in [3.63, 3.8) is 0 Å². The number of benzene rings is 2. The predicted octanol–water partition coefficient (Wildman–Crippen LogP) is 3.94. The first kappa shape index (κ1) is 18.4. The largest absolute Gasteiger partial charge is 0.326 e. The maximum atomic E-state index is 6.49. The molecule has 2 atom stereocenters. The monoisotopic (exact) mass is 357 g/mol. The summed E-state index contributed by atoms with van der Waals surface area (Å²) >= 11 is 6.06. The number of nitrogens with two attached hydrogens (primary N) is 1. The van der Waals surface area contributed by atoms with Crippen LogP contribution >= 0.6 is 11.6 Å². The summed E-state index contributed by atoms with van der Waals surface area (Å²) in [7, 11) is 0. The molecule has 0 bridgehead atoms. The van der Waals surface area contributed by atoms with Gasteiger partial charge in [0.2, 0.25) is 0 Å². The lowest BCUT2D eigenvalue weighted by molar-refractivity contribution is 0.0798. The van der Waals surface area contributed by atoms with Gasteiger partial charge in [-0.1, -0.05) is 61.0 Å². The first-order valence-corrected chi connectivity index (χ1v) is 9.56. The van der Waals surface area contributed by atoms with E-state index in [4.69, 9.17) is 17.3 Å². The number of halogens is 1. The minimum Gasteiger partial charge on any atom is -0.326 e. The van der Waals surface area contributed by atoms with E-state index >= 15 is 0 Å². The average molecular weight is 358 g/mol. The molecule has 2 unspecified atom stereocenters. The third-order valence-corrected chi connectivity index (χ3v) is 5.39. The Morgan fingerprint density at radius 1 is 0.960 bits per heavy atom. The molecule has 2 aromatic carbocycles. The van der Waals surface area contributed by atoms with Crippen molar-refractivity contribution in [1.29, 1.82) is 0 Å². The van der Waals surface area contributed by atoms with E-state index in [1.54, 1.807) is 0 Å².